The van der Waals surface area contributed by atoms with E-state index in [4.69, 9.17) is 4.74 Å². The first-order valence-electron chi connectivity index (χ1n) is 7.38. The summed E-state index contributed by atoms with van der Waals surface area (Å²) in [6.07, 6.45) is 3.51. The van der Waals surface area contributed by atoms with Crippen molar-refractivity contribution < 1.29 is 14.3 Å². The highest BCUT2D eigenvalue weighted by molar-refractivity contribution is 7.15. The van der Waals surface area contributed by atoms with Gasteiger partial charge in [-0.1, -0.05) is 17.8 Å². The van der Waals surface area contributed by atoms with Gasteiger partial charge in [-0.05, 0) is 19.8 Å². The van der Waals surface area contributed by atoms with Gasteiger partial charge in [0.25, 0.3) is 0 Å². The first-order chi connectivity index (χ1) is 10.2. The second-order valence-corrected chi connectivity index (χ2v) is 6.46. The maximum absolute atomic E-state index is 12.3. The molecule has 1 saturated carbocycles. The molecule has 0 aromatic carbocycles. The first-order valence-corrected chi connectivity index (χ1v) is 8.20. The van der Waals surface area contributed by atoms with E-state index in [1.165, 1.54) is 17.8 Å². The second-order valence-electron chi connectivity index (χ2n) is 5.37. The molecular weight excluding hydrogens is 290 g/mol. The van der Waals surface area contributed by atoms with Crippen LogP contribution >= 0.6 is 11.3 Å². The van der Waals surface area contributed by atoms with Gasteiger partial charge in [0.2, 0.25) is 5.91 Å². The molecule has 1 aliphatic carbocycles. The Morgan fingerprint density at radius 2 is 2.29 bits per heavy atom. The van der Waals surface area contributed by atoms with Gasteiger partial charge in [-0.25, -0.2) is 9.78 Å². The Morgan fingerprint density at radius 1 is 1.48 bits per heavy atom. The third-order valence-electron chi connectivity index (χ3n) is 3.98. The van der Waals surface area contributed by atoms with E-state index in [0.29, 0.717) is 18.3 Å². The number of thiazole rings is 1. The number of amides is 2. The molecule has 2 heterocycles. The number of hydrogen-bond donors (Lipinski definition) is 1. The number of nitrogens with zero attached hydrogens (tertiary/aromatic N) is 2. The van der Waals surface area contributed by atoms with Crippen LogP contribution in [0.15, 0.2) is 0 Å². The van der Waals surface area contributed by atoms with E-state index in [1.54, 1.807) is 6.92 Å². The standard InChI is InChI=1S/C14H19N3O3S/c1-2-20-14(19)16-13-15-10-6-7-17(8-11(10)21-13)12(18)9-4-3-5-9/h9H,2-8H2,1H3,(H,15,16,19). The molecule has 2 aliphatic rings. The SMILES string of the molecule is CCOC(=O)Nc1nc2c(s1)CN(C(=O)C1CCC1)CC2. The van der Waals surface area contributed by atoms with Crippen molar-refractivity contribution in [2.75, 3.05) is 18.5 Å². The van der Waals surface area contributed by atoms with Crippen molar-refractivity contribution in [2.45, 2.75) is 39.2 Å². The fraction of sp³-hybridized carbons (Fsp3) is 0.643. The molecule has 6 nitrogen and oxygen atoms in total. The highest BCUT2D eigenvalue weighted by atomic mass is 32.1. The number of hydrogen-bond acceptors (Lipinski definition) is 5. The van der Waals surface area contributed by atoms with Gasteiger partial charge in [0, 0.05) is 23.8 Å². The molecule has 1 fully saturated rings. The summed E-state index contributed by atoms with van der Waals surface area (Å²) in [5.74, 6) is 0.511. The minimum atomic E-state index is -0.481. The van der Waals surface area contributed by atoms with Crippen LogP contribution in [0.5, 0.6) is 0 Å². The predicted molar refractivity (Wildman–Crippen MR) is 79.2 cm³/mol. The number of ether oxygens (including phenoxy) is 1. The zero-order valence-electron chi connectivity index (χ0n) is 12.1. The van der Waals surface area contributed by atoms with E-state index in [-0.39, 0.29) is 11.8 Å². The van der Waals surface area contributed by atoms with Crippen molar-refractivity contribution >= 4 is 28.5 Å². The van der Waals surface area contributed by atoms with E-state index in [1.807, 2.05) is 4.90 Å². The van der Waals surface area contributed by atoms with Crippen LogP contribution in [0.4, 0.5) is 9.93 Å². The molecular formula is C14H19N3O3S. The van der Waals surface area contributed by atoms with Crippen molar-refractivity contribution in [3.8, 4) is 0 Å². The summed E-state index contributed by atoms with van der Waals surface area (Å²) in [7, 11) is 0. The lowest BCUT2D eigenvalue weighted by atomic mass is 9.84. The summed E-state index contributed by atoms with van der Waals surface area (Å²) < 4.78 is 4.84. The van der Waals surface area contributed by atoms with Crippen LogP contribution in [-0.2, 0) is 22.5 Å². The molecule has 0 radical (unpaired) electrons. The lowest BCUT2D eigenvalue weighted by Gasteiger charge is -2.33. The fourth-order valence-corrected chi connectivity index (χ4v) is 3.61. The zero-order valence-corrected chi connectivity index (χ0v) is 12.9. The largest absolute Gasteiger partial charge is 0.450 e. The number of aromatic nitrogens is 1. The molecule has 0 spiro atoms. The van der Waals surface area contributed by atoms with Gasteiger partial charge in [0.15, 0.2) is 5.13 Å². The summed E-state index contributed by atoms with van der Waals surface area (Å²) >= 11 is 1.43. The molecule has 0 unspecified atom stereocenters. The lowest BCUT2D eigenvalue weighted by molar-refractivity contribution is -0.139. The topological polar surface area (TPSA) is 71.5 Å². The Morgan fingerprint density at radius 3 is 2.95 bits per heavy atom. The van der Waals surface area contributed by atoms with Crippen LogP contribution in [0.2, 0.25) is 0 Å². The number of carbonyl (C=O) groups is 2. The summed E-state index contributed by atoms with van der Waals surface area (Å²) in [5, 5.41) is 3.18. The van der Waals surface area contributed by atoms with Crippen molar-refractivity contribution in [2.24, 2.45) is 5.92 Å². The van der Waals surface area contributed by atoms with Crippen molar-refractivity contribution in [1.29, 1.82) is 0 Å². The molecule has 114 valence electrons. The molecule has 0 atom stereocenters. The molecule has 0 saturated heterocycles. The Balaban J connectivity index is 1.64. The summed E-state index contributed by atoms with van der Waals surface area (Å²) in [4.78, 5) is 31.1. The minimum Gasteiger partial charge on any atom is -0.450 e. The van der Waals surface area contributed by atoms with Crippen molar-refractivity contribution in [1.82, 2.24) is 9.88 Å². The Bertz CT molecular complexity index is 554. The van der Waals surface area contributed by atoms with Gasteiger partial charge in [-0.3, -0.25) is 10.1 Å². The maximum Gasteiger partial charge on any atom is 0.413 e. The van der Waals surface area contributed by atoms with Crippen molar-refractivity contribution in [3.63, 3.8) is 0 Å². The van der Waals surface area contributed by atoms with Crippen LogP contribution in [-0.4, -0.2) is 35.0 Å². The molecule has 3 rings (SSSR count). The number of rotatable bonds is 3. The minimum absolute atomic E-state index is 0.233. The molecule has 2 amide bonds. The van der Waals surface area contributed by atoms with Crippen LogP contribution < -0.4 is 5.32 Å². The molecule has 1 N–H and O–H groups in total. The third kappa shape index (κ3) is 3.02. The van der Waals surface area contributed by atoms with E-state index >= 15 is 0 Å². The Kier molecular flexibility index (Phi) is 4.10. The highest BCUT2D eigenvalue weighted by Gasteiger charge is 2.32. The van der Waals surface area contributed by atoms with Gasteiger partial charge in [0.1, 0.15) is 0 Å². The average Bonchev–Trinajstić information content (AvgIpc) is 2.77. The summed E-state index contributed by atoms with van der Waals surface area (Å²) in [5.41, 5.74) is 0.990. The van der Waals surface area contributed by atoms with Crippen LogP contribution in [0.25, 0.3) is 0 Å². The van der Waals surface area contributed by atoms with Crippen LogP contribution in [0, 0.1) is 5.92 Å². The quantitative estimate of drug-likeness (QED) is 0.930. The molecule has 1 aromatic heterocycles. The fourth-order valence-electron chi connectivity index (χ4n) is 2.60. The Labute approximate surface area is 127 Å². The monoisotopic (exact) mass is 309 g/mol. The van der Waals surface area contributed by atoms with Gasteiger partial charge < -0.3 is 9.64 Å². The molecule has 7 heteroatoms. The molecule has 1 aromatic rings. The van der Waals surface area contributed by atoms with E-state index < -0.39 is 6.09 Å². The second kappa shape index (κ2) is 6.01. The van der Waals surface area contributed by atoms with Crippen molar-refractivity contribution in [3.05, 3.63) is 10.6 Å². The van der Waals surface area contributed by atoms with E-state index in [9.17, 15) is 9.59 Å². The van der Waals surface area contributed by atoms with Crippen LogP contribution in [0.3, 0.4) is 0 Å². The number of anilines is 1. The number of fused-ring (bicyclic) bond motifs is 1. The Hall–Kier alpha value is -1.63. The maximum atomic E-state index is 12.3. The van der Waals surface area contributed by atoms with Gasteiger partial charge in [0.05, 0.1) is 18.8 Å². The zero-order chi connectivity index (χ0) is 14.8. The average molecular weight is 309 g/mol. The van der Waals surface area contributed by atoms with Gasteiger partial charge in [-0.15, -0.1) is 0 Å². The number of carbonyl (C=O) groups excluding carboxylic acids is 2. The summed E-state index contributed by atoms with van der Waals surface area (Å²) in [6.45, 7) is 3.44. The molecule has 1 aliphatic heterocycles. The van der Waals surface area contributed by atoms with Crippen LogP contribution in [0.1, 0.15) is 36.8 Å². The smallest absolute Gasteiger partial charge is 0.413 e. The lowest BCUT2D eigenvalue weighted by Crippen LogP contribution is -2.41. The highest BCUT2D eigenvalue weighted by Crippen LogP contribution is 2.32. The first kappa shape index (κ1) is 14.3. The summed E-state index contributed by atoms with van der Waals surface area (Å²) in [6, 6.07) is 0. The van der Waals surface area contributed by atoms with Gasteiger partial charge >= 0.3 is 6.09 Å². The third-order valence-corrected chi connectivity index (χ3v) is 4.98. The van der Waals surface area contributed by atoms with E-state index in [2.05, 4.69) is 10.3 Å². The normalized spacial score (nSPS) is 17.9. The number of nitrogens with one attached hydrogen (secondary N) is 1. The van der Waals surface area contributed by atoms with E-state index in [0.717, 1.165) is 36.4 Å². The predicted octanol–water partition coefficient (Wildman–Crippen LogP) is 2.40. The molecule has 21 heavy (non-hydrogen) atoms. The molecule has 0 bridgehead atoms. The van der Waals surface area contributed by atoms with Gasteiger partial charge in [-0.2, -0.15) is 0 Å².